The lowest BCUT2D eigenvalue weighted by molar-refractivity contribution is 0.496. The van der Waals surface area contributed by atoms with Crippen molar-refractivity contribution in [2.24, 2.45) is 7.05 Å². The van der Waals surface area contributed by atoms with Gasteiger partial charge in [0.15, 0.2) is 0 Å². The molecule has 112 valence electrons. The van der Waals surface area contributed by atoms with Crippen molar-refractivity contribution in [1.82, 2.24) is 25.0 Å². The monoisotopic (exact) mass is 286 g/mol. The van der Waals surface area contributed by atoms with E-state index in [9.17, 15) is 0 Å². The van der Waals surface area contributed by atoms with Crippen LogP contribution < -0.4 is 4.90 Å². The number of anilines is 1. The van der Waals surface area contributed by atoms with Gasteiger partial charge in [-0.2, -0.15) is 0 Å². The Kier molecular flexibility index (Phi) is 3.61. The van der Waals surface area contributed by atoms with Gasteiger partial charge in [-0.1, -0.05) is 5.21 Å². The Labute approximate surface area is 125 Å². The van der Waals surface area contributed by atoms with E-state index in [2.05, 4.69) is 39.0 Å². The van der Waals surface area contributed by atoms with Crippen molar-refractivity contribution in [3.05, 3.63) is 29.0 Å². The number of rotatable bonds is 2. The summed E-state index contributed by atoms with van der Waals surface area (Å²) in [4.78, 5) is 11.5. The third-order valence-corrected chi connectivity index (χ3v) is 4.23. The molecule has 1 aliphatic heterocycles. The molecule has 6 heteroatoms. The maximum Gasteiger partial charge on any atom is 0.135 e. The van der Waals surface area contributed by atoms with E-state index in [0.717, 1.165) is 49.0 Å². The number of aromatic nitrogens is 5. The van der Waals surface area contributed by atoms with Gasteiger partial charge in [-0.05, 0) is 33.6 Å². The van der Waals surface area contributed by atoms with Gasteiger partial charge < -0.3 is 4.90 Å². The molecule has 1 unspecified atom stereocenters. The molecule has 1 aliphatic rings. The fraction of sp³-hybridized carbons (Fsp3) is 0.600. The van der Waals surface area contributed by atoms with Crippen molar-refractivity contribution in [3.8, 4) is 0 Å². The van der Waals surface area contributed by atoms with E-state index in [1.54, 1.807) is 4.68 Å². The Morgan fingerprint density at radius 3 is 2.71 bits per heavy atom. The van der Waals surface area contributed by atoms with Gasteiger partial charge in [0.25, 0.3) is 0 Å². The third-order valence-electron chi connectivity index (χ3n) is 4.23. The highest BCUT2D eigenvalue weighted by Gasteiger charge is 2.25. The molecule has 0 saturated carbocycles. The first-order valence-corrected chi connectivity index (χ1v) is 7.47. The standard InChI is InChI=1S/C15H22N6/c1-10-11(2)16-12(3)17-15(10)21-7-5-6-13(8-21)14-9-20(4)19-18-14/h9,13H,5-8H2,1-4H3. The van der Waals surface area contributed by atoms with E-state index in [0.29, 0.717) is 5.92 Å². The average molecular weight is 286 g/mol. The summed E-state index contributed by atoms with van der Waals surface area (Å²) in [7, 11) is 1.92. The van der Waals surface area contributed by atoms with Gasteiger partial charge in [0.2, 0.25) is 0 Å². The van der Waals surface area contributed by atoms with Crippen LogP contribution in [0, 0.1) is 20.8 Å². The zero-order valence-corrected chi connectivity index (χ0v) is 13.2. The average Bonchev–Trinajstić information content (AvgIpc) is 2.89. The Morgan fingerprint density at radius 1 is 1.19 bits per heavy atom. The van der Waals surface area contributed by atoms with E-state index >= 15 is 0 Å². The lowest BCUT2D eigenvalue weighted by Gasteiger charge is -2.33. The predicted molar refractivity (Wildman–Crippen MR) is 81.4 cm³/mol. The van der Waals surface area contributed by atoms with Gasteiger partial charge >= 0.3 is 0 Å². The molecule has 0 bridgehead atoms. The Balaban J connectivity index is 1.86. The smallest absolute Gasteiger partial charge is 0.135 e. The molecule has 1 fully saturated rings. The van der Waals surface area contributed by atoms with Crippen molar-refractivity contribution in [2.45, 2.75) is 39.5 Å². The summed E-state index contributed by atoms with van der Waals surface area (Å²) in [6.07, 6.45) is 4.34. The fourth-order valence-corrected chi connectivity index (χ4v) is 3.02. The second kappa shape index (κ2) is 5.42. The van der Waals surface area contributed by atoms with E-state index < -0.39 is 0 Å². The van der Waals surface area contributed by atoms with Gasteiger partial charge in [-0.15, -0.1) is 5.10 Å². The highest BCUT2D eigenvalue weighted by atomic mass is 15.4. The summed E-state index contributed by atoms with van der Waals surface area (Å²) in [5, 5.41) is 8.34. The van der Waals surface area contributed by atoms with Crippen LogP contribution in [0.25, 0.3) is 0 Å². The first-order chi connectivity index (χ1) is 10.0. The van der Waals surface area contributed by atoms with Gasteiger partial charge in [-0.25, -0.2) is 9.97 Å². The molecular weight excluding hydrogens is 264 g/mol. The fourth-order valence-electron chi connectivity index (χ4n) is 3.02. The Bertz CT molecular complexity index is 648. The van der Waals surface area contributed by atoms with E-state index in [1.807, 2.05) is 20.2 Å². The number of hydrogen-bond donors (Lipinski definition) is 0. The first kappa shape index (κ1) is 14.0. The van der Waals surface area contributed by atoms with Crippen LogP contribution in [-0.4, -0.2) is 38.1 Å². The molecule has 21 heavy (non-hydrogen) atoms. The molecule has 6 nitrogen and oxygen atoms in total. The van der Waals surface area contributed by atoms with Crippen LogP contribution in [-0.2, 0) is 7.05 Å². The second-order valence-electron chi connectivity index (χ2n) is 5.91. The van der Waals surface area contributed by atoms with Crippen LogP contribution in [0.1, 0.15) is 41.5 Å². The van der Waals surface area contributed by atoms with Gasteiger partial charge in [-0.3, -0.25) is 4.68 Å². The summed E-state index contributed by atoms with van der Waals surface area (Å²) in [5.41, 5.74) is 3.34. The molecule has 2 aromatic rings. The molecule has 3 rings (SSSR count). The van der Waals surface area contributed by atoms with Crippen molar-refractivity contribution >= 4 is 5.82 Å². The highest BCUT2D eigenvalue weighted by molar-refractivity contribution is 5.49. The topological polar surface area (TPSA) is 59.7 Å². The molecule has 3 heterocycles. The second-order valence-corrected chi connectivity index (χ2v) is 5.91. The SMILES string of the molecule is Cc1nc(C)c(C)c(N2CCCC(c3cn(C)nn3)C2)n1. The first-order valence-electron chi connectivity index (χ1n) is 7.47. The Hall–Kier alpha value is -1.98. The molecule has 0 radical (unpaired) electrons. The van der Waals surface area contributed by atoms with Gasteiger partial charge in [0.1, 0.15) is 11.6 Å². The minimum atomic E-state index is 0.433. The van der Waals surface area contributed by atoms with Crippen molar-refractivity contribution < 1.29 is 0 Å². The lowest BCUT2D eigenvalue weighted by atomic mass is 9.95. The van der Waals surface area contributed by atoms with Crippen molar-refractivity contribution in [3.63, 3.8) is 0 Å². The summed E-state index contributed by atoms with van der Waals surface area (Å²) in [6.45, 7) is 8.12. The minimum Gasteiger partial charge on any atom is -0.356 e. The number of hydrogen-bond acceptors (Lipinski definition) is 5. The van der Waals surface area contributed by atoms with Crippen LogP contribution in [0.5, 0.6) is 0 Å². The normalized spacial score (nSPS) is 19.0. The molecule has 0 spiro atoms. The molecule has 0 amide bonds. The number of aryl methyl sites for hydroxylation is 3. The molecular formula is C15H22N6. The Morgan fingerprint density at radius 2 is 2.00 bits per heavy atom. The number of piperidine rings is 1. The third kappa shape index (κ3) is 2.75. The van der Waals surface area contributed by atoms with Crippen LogP contribution in [0.15, 0.2) is 6.20 Å². The maximum atomic E-state index is 4.66. The van der Waals surface area contributed by atoms with Crippen LogP contribution in [0.4, 0.5) is 5.82 Å². The molecule has 1 saturated heterocycles. The van der Waals surface area contributed by atoms with E-state index in [-0.39, 0.29) is 0 Å². The van der Waals surface area contributed by atoms with E-state index in [4.69, 9.17) is 0 Å². The maximum absolute atomic E-state index is 4.66. The lowest BCUT2D eigenvalue weighted by Crippen LogP contribution is -2.36. The summed E-state index contributed by atoms with van der Waals surface area (Å²) < 4.78 is 1.78. The molecule has 2 aromatic heterocycles. The summed E-state index contributed by atoms with van der Waals surface area (Å²) in [5.74, 6) is 2.35. The largest absolute Gasteiger partial charge is 0.356 e. The minimum absolute atomic E-state index is 0.433. The van der Waals surface area contributed by atoms with Crippen molar-refractivity contribution in [2.75, 3.05) is 18.0 Å². The van der Waals surface area contributed by atoms with Crippen LogP contribution in [0.2, 0.25) is 0 Å². The molecule has 0 aliphatic carbocycles. The van der Waals surface area contributed by atoms with Crippen LogP contribution in [0.3, 0.4) is 0 Å². The number of nitrogens with zero attached hydrogens (tertiary/aromatic N) is 6. The zero-order valence-electron chi connectivity index (χ0n) is 13.2. The zero-order chi connectivity index (χ0) is 15.0. The highest BCUT2D eigenvalue weighted by Crippen LogP contribution is 2.30. The molecule has 0 aromatic carbocycles. The van der Waals surface area contributed by atoms with Gasteiger partial charge in [0, 0.05) is 43.5 Å². The summed E-state index contributed by atoms with van der Waals surface area (Å²) in [6, 6.07) is 0. The summed E-state index contributed by atoms with van der Waals surface area (Å²) >= 11 is 0. The van der Waals surface area contributed by atoms with Crippen LogP contribution >= 0.6 is 0 Å². The quantitative estimate of drug-likeness (QED) is 0.844. The molecule has 1 atom stereocenters. The predicted octanol–water partition coefficient (Wildman–Crippen LogP) is 1.91. The molecule has 0 N–H and O–H groups in total. The van der Waals surface area contributed by atoms with Gasteiger partial charge in [0.05, 0.1) is 5.69 Å². The van der Waals surface area contributed by atoms with E-state index in [1.165, 1.54) is 5.56 Å². The van der Waals surface area contributed by atoms with Crippen molar-refractivity contribution in [1.29, 1.82) is 0 Å².